The molecule has 92 valence electrons. The van der Waals surface area contributed by atoms with Crippen molar-refractivity contribution in [2.75, 3.05) is 18.4 Å². The molecule has 0 atom stereocenters. The summed E-state index contributed by atoms with van der Waals surface area (Å²) in [5, 5.41) is 6.59. The maximum Gasteiger partial charge on any atom is 0.195 e. The van der Waals surface area contributed by atoms with Crippen LogP contribution in [0.3, 0.4) is 0 Å². The second-order valence-corrected chi connectivity index (χ2v) is 5.43. The number of hydrogen-bond donors (Lipinski definition) is 2. The largest absolute Gasteiger partial charge is 0.354 e. The normalized spacial score (nSPS) is 14.8. The second kappa shape index (κ2) is 5.08. The quantitative estimate of drug-likeness (QED) is 0.879. The molecule has 0 spiro atoms. The highest BCUT2D eigenvalue weighted by atomic mass is 79.9. The van der Waals surface area contributed by atoms with Crippen LogP contribution in [0.5, 0.6) is 0 Å². The van der Waals surface area contributed by atoms with Crippen LogP contribution >= 0.6 is 15.9 Å². The highest BCUT2D eigenvalue weighted by Gasteiger charge is 2.13. The van der Waals surface area contributed by atoms with E-state index in [-0.39, 0.29) is 0 Å². The first-order chi connectivity index (χ1) is 8.09. The number of anilines is 1. The summed E-state index contributed by atoms with van der Waals surface area (Å²) in [6.45, 7) is 8.35. The number of aliphatic imine (C=N–C) groups is 1. The number of nitrogens with zero attached hydrogens (tertiary/aromatic N) is 1. The van der Waals surface area contributed by atoms with Crippen molar-refractivity contribution in [3.63, 3.8) is 0 Å². The molecule has 0 saturated heterocycles. The number of halogens is 1. The maximum absolute atomic E-state index is 4.36. The Hall–Kier alpha value is -1.03. The lowest BCUT2D eigenvalue weighted by Gasteiger charge is -2.17. The summed E-state index contributed by atoms with van der Waals surface area (Å²) in [5.41, 5.74) is 3.77. The molecule has 17 heavy (non-hydrogen) atoms. The molecule has 0 radical (unpaired) electrons. The summed E-state index contributed by atoms with van der Waals surface area (Å²) in [7, 11) is 0. The molecule has 0 bridgehead atoms. The number of benzene rings is 1. The summed E-state index contributed by atoms with van der Waals surface area (Å²) < 4.78 is 1.08. The van der Waals surface area contributed by atoms with Gasteiger partial charge in [0.05, 0.1) is 12.2 Å². The summed E-state index contributed by atoms with van der Waals surface area (Å²) in [6, 6.07) is 4.28. The van der Waals surface area contributed by atoms with Crippen LogP contribution in [-0.2, 0) is 0 Å². The van der Waals surface area contributed by atoms with Gasteiger partial charge in [0.1, 0.15) is 0 Å². The third kappa shape index (κ3) is 2.63. The van der Waals surface area contributed by atoms with Crippen molar-refractivity contribution in [1.29, 1.82) is 0 Å². The molecule has 0 aliphatic carbocycles. The van der Waals surface area contributed by atoms with E-state index in [2.05, 4.69) is 64.5 Å². The highest BCUT2D eigenvalue weighted by Crippen LogP contribution is 2.32. The maximum atomic E-state index is 4.36. The Labute approximate surface area is 111 Å². The Morgan fingerprint density at radius 3 is 2.76 bits per heavy atom. The van der Waals surface area contributed by atoms with Gasteiger partial charge in [-0.15, -0.1) is 0 Å². The van der Waals surface area contributed by atoms with E-state index in [1.54, 1.807) is 0 Å². The van der Waals surface area contributed by atoms with E-state index in [4.69, 9.17) is 0 Å². The number of nitrogens with one attached hydrogen (secondary N) is 2. The fourth-order valence-electron chi connectivity index (χ4n) is 2.07. The molecule has 1 aromatic rings. The third-order valence-electron chi connectivity index (χ3n) is 3.00. The van der Waals surface area contributed by atoms with Crippen molar-refractivity contribution in [2.45, 2.75) is 26.7 Å². The van der Waals surface area contributed by atoms with Gasteiger partial charge < -0.3 is 10.6 Å². The smallest absolute Gasteiger partial charge is 0.195 e. The fraction of sp³-hybridized carbons (Fsp3) is 0.462. The molecular weight excluding hydrogens is 278 g/mol. The van der Waals surface area contributed by atoms with Gasteiger partial charge in [0, 0.05) is 11.0 Å². The van der Waals surface area contributed by atoms with Gasteiger partial charge in [-0.25, -0.2) is 0 Å². The zero-order valence-corrected chi connectivity index (χ0v) is 12.1. The molecular formula is C13H18BrN3. The molecule has 0 saturated carbocycles. The van der Waals surface area contributed by atoms with E-state index in [9.17, 15) is 0 Å². The topological polar surface area (TPSA) is 36.4 Å². The molecule has 3 nitrogen and oxygen atoms in total. The summed E-state index contributed by atoms with van der Waals surface area (Å²) in [4.78, 5) is 4.36. The first kappa shape index (κ1) is 12.4. The zero-order chi connectivity index (χ0) is 12.4. The van der Waals surface area contributed by atoms with Gasteiger partial charge >= 0.3 is 0 Å². The molecule has 4 heteroatoms. The Morgan fingerprint density at radius 1 is 1.41 bits per heavy atom. The summed E-state index contributed by atoms with van der Waals surface area (Å²) in [5.74, 6) is 1.40. The second-order valence-electron chi connectivity index (χ2n) is 4.57. The predicted octanol–water partition coefficient (Wildman–Crippen LogP) is 3.25. The molecule has 1 aromatic carbocycles. The first-order valence-corrected chi connectivity index (χ1v) is 6.73. The minimum absolute atomic E-state index is 0.530. The predicted molar refractivity (Wildman–Crippen MR) is 76.9 cm³/mol. The van der Waals surface area contributed by atoms with Crippen molar-refractivity contribution in [1.82, 2.24) is 5.32 Å². The van der Waals surface area contributed by atoms with Crippen molar-refractivity contribution >= 4 is 27.6 Å². The van der Waals surface area contributed by atoms with Gasteiger partial charge in [0.15, 0.2) is 5.96 Å². The van der Waals surface area contributed by atoms with Crippen LogP contribution in [0.1, 0.15) is 30.9 Å². The van der Waals surface area contributed by atoms with Crippen LogP contribution in [-0.4, -0.2) is 19.0 Å². The third-order valence-corrected chi connectivity index (χ3v) is 3.66. The summed E-state index contributed by atoms with van der Waals surface area (Å²) in [6.07, 6.45) is 0. The van der Waals surface area contributed by atoms with E-state index >= 15 is 0 Å². The number of guanidine groups is 1. The Bertz CT molecular complexity index is 452. The van der Waals surface area contributed by atoms with Crippen LogP contribution in [0.2, 0.25) is 0 Å². The average Bonchev–Trinajstić information content (AvgIpc) is 2.76. The fourth-order valence-corrected chi connectivity index (χ4v) is 2.60. The Morgan fingerprint density at radius 2 is 2.18 bits per heavy atom. The van der Waals surface area contributed by atoms with E-state index < -0.39 is 0 Å². The van der Waals surface area contributed by atoms with E-state index in [0.717, 1.165) is 29.2 Å². The van der Waals surface area contributed by atoms with Gasteiger partial charge in [0.25, 0.3) is 0 Å². The van der Waals surface area contributed by atoms with Crippen molar-refractivity contribution < 1.29 is 0 Å². The Balaban J connectivity index is 2.34. The van der Waals surface area contributed by atoms with Gasteiger partial charge in [-0.2, -0.15) is 0 Å². The van der Waals surface area contributed by atoms with Crippen LogP contribution in [0.25, 0.3) is 0 Å². The van der Waals surface area contributed by atoms with Crippen molar-refractivity contribution in [2.24, 2.45) is 4.99 Å². The minimum atomic E-state index is 0.530. The lowest BCUT2D eigenvalue weighted by atomic mass is 9.97. The molecule has 1 heterocycles. The van der Waals surface area contributed by atoms with Crippen molar-refractivity contribution in [3.8, 4) is 0 Å². The molecule has 1 aliphatic heterocycles. The number of rotatable bonds is 2. The molecule has 2 rings (SSSR count). The minimum Gasteiger partial charge on any atom is -0.354 e. The molecule has 0 amide bonds. The van der Waals surface area contributed by atoms with Crippen LogP contribution in [0, 0.1) is 6.92 Å². The molecule has 0 unspecified atom stereocenters. The van der Waals surface area contributed by atoms with Crippen molar-refractivity contribution in [3.05, 3.63) is 27.7 Å². The van der Waals surface area contributed by atoms with Crippen LogP contribution in [0.15, 0.2) is 21.6 Å². The van der Waals surface area contributed by atoms with Gasteiger partial charge in [-0.1, -0.05) is 19.9 Å². The van der Waals surface area contributed by atoms with E-state index in [1.165, 1.54) is 11.1 Å². The highest BCUT2D eigenvalue weighted by molar-refractivity contribution is 9.10. The zero-order valence-electron chi connectivity index (χ0n) is 10.5. The monoisotopic (exact) mass is 295 g/mol. The molecule has 0 fully saturated rings. The standard InChI is InChI=1S/C13H18BrN3/c1-8(2)10-4-5-11(14)12(9(10)3)17-13-15-6-7-16-13/h4-5,8H,6-7H2,1-3H3,(H2,15,16,17). The lowest BCUT2D eigenvalue weighted by Crippen LogP contribution is -2.26. The summed E-state index contributed by atoms with van der Waals surface area (Å²) >= 11 is 3.59. The molecule has 2 N–H and O–H groups in total. The van der Waals surface area contributed by atoms with E-state index in [0.29, 0.717) is 5.92 Å². The SMILES string of the molecule is Cc1c(C(C)C)ccc(Br)c1NC1=NCCN1. The first-order valence-electron chi connectivity index (χ1n) is 5.94. The van der Waals surface area contributed by atoms with E-state index in [1.807, 2.05) is 0 Å². The van der Waals surface area contributed by atoms with Gasteiger partial charge in [0.2, 0.25) is 0 Å². The average molecular weight is 296 g/mol. The van der Waals surface area contributed by atoms with Crippen LogP contribution < -0.4 is 10.6 Å². The van der Waals surface area contributed by atoms with Gasteiger partial charge in [-0.05, 0) is 46.0 Å². The Kier molecular flexibility index (Phi) is 3.72. The van der Waals surface area contributed by atoms with Gasteiger partial charge in [-0.3, -0.25) is 4.99 Å². The van der Waals surface area contributed by atoms with Crippen LogP contribution in [0.4, 0.5) is 5.69 Å². The number of hydrogen-bond acceptors (Lipinski definition) is 3. The molecule has 0 aromatic heterocycles. The molecule has 1 aliphatic rings. The lowest BCUT2D eigenvalue weighted by molar-refractivity contribution is 0.857.